The molecule has 0 radical (unpaired) electrons. The van der Waals surface area contributed by atoms with Gasteiger partial charge < -0.3 is 4.42 Å². The minimum atomic E-state index is 0.911. The summed E-state index contributed by atoms with van der Waals surface area (Å²) >= 11 is 0. The van der Waals surface area contributed by atoms with E-state index in [1.165, 1.54) is 11.1 Å². The van der Waals surface area contributed by atoms with Gasteiger partial charge in [-0.2, -0.15) is 0 Å². The molecule has 3 aromatic carbocycles. The molecular weight excluding hydrogens is 256 g/mol. The Hall–Kier alpha value is -2.80. The van der Waals surface area contributed by atoms with E-state index in [0.29, 0.717) is 0 Å². The van der Waals surface area contributed by atoms with Gasteiger partial charge in [0.05, 0.1) is 0 Å². The summed E-state index contributed by atoms with van der Waals surface area (Å²) in [5.41, 5.74) is 4.45. The zero-order valence-electron chi connectivity index (χ0n) is 11.5. The Morgan fingerprint density at radius 1 is 0.571 bits per heavy atom. The lowest BCUT2D eigenvalue weighted by Crippen LogP contribution is -1.77. The van der Waals surface area contributed by atoms with Gasteiger partial charge in [0.1, 0.15) is 11.3 Å². The van der Waals surface area contributed by atoms with E-state index in [2.05, 4.69) is 48.5 Å². The molecule has 0 aliphatic carbocycles. The fourth-order valence-electron chi connectivity index (χ4n) is 2.68. The predicted octanol–water partition coefficient (Wildman–Crippen LogP) is 5.77. The maximum absolute atomic E-state index is 6.02. The highest BCUT2D eigenvalue weighted by atomic mass is 16.3. The molecule has 1 heteroatoms. The summed E-state index contributed by atoms with van der Waals surface area (Å²) in [6.45, 7) is 0. The lowest BCUT2D eigenvalue weighted by Gasteiger charge is -2.01. The fourth-order valence-corrected chi connectivity index (χ4v) is 2.68. The summed E-state index contributed by atoms with van der Waals surface area (Å²) in [4.78, 5) is 0. The second-order valence-corrected chi connectivity index (χ2v) is 5.06. The maximum atomic E-state index is 6.02. The van der Waals surface area contributed by atoms with Gasteiger partial charge in [-0.1, -0.05) is 72.8 Å². The lowest BCUT2D eigenvalue weighted by atomic mass is 10.0. The largest absolute Gasteiger partial charge is 0.456 e. The molecule has 0 aliphatic heterocycles. The third-order valence-corrected chi connectivity index (χ3v) is 3.70. The molecule has 0 fully saturated rings. The highest BCUT2D eigenvalue weighted by molar-refractivity contribution is 5.96. The average Bonchev–Trinajstić information content (AvgIpc) is 3.00. The van der Waals surface area contributed by atoms with Crippen molar-refractivity contribution >= 4 is 11.0 Å². The number of furan rings is 1. The number of fused-ring (bicyclic) bond motifs is 1. The van der Waals surface area contributed by atoms with E-state index < -0.39 is 0 Å². The third-order valence-electron chi connectivity index (χ3n) is 3.70. The first-order valence-electron chi connectivity index (χ1n) is 7.05. The Labute approximate surface area is 123 Å². The van der Waals surface area contributed by atoms with Gasteiger partial charge in [-0.3, -0.25) is 0 Å². The van der Waals surface area contributed by atoms with Crippen LogP contribution in [0.2, 0.25) is 0 Å². The first-order valence-corrected chi connectivity index (χ1v) is 7.05. The van der Waals surface area contributed by atoms with Crippen LogP contribution >= 0.6 is 0 Å². The Balaban J connectivity index is 1.93. The average molecular weight is 270 g/mol. The summed E-state index contributed by atoms with van der Waals surface area (Å²) in [6.07, 6.45) is 0. The highest BCUT2D eigenvalue weighted by Crippen LogP contribution is 2.34. The Morgan fingerprint density at radius 2 is 1.24 bits per heavy atom. The molecule has 4 rings (SSSR count). The van der Waals surface area contributed by atoms with Gasteiger partial charge in [0.15, 0.2) is 0 Å². The molecule has 21 heavy (non-hydrogen) atoms. The van der Waals surface area contributed by atoms with Crippen LogP contribution in [0.25, 0.3) is 33.4 Å². The second kappa shape index (κ2) is 4.95. The van der Waals surface area contributed by atoms with Crippen molar-refractivity contribution < 1.29 is 4.42 Å². The van der Waals surface area contributed by atoms with E-state index in [1.54, 1.807) is 0 Å². The van der Waals surface area contributed by atoms with Gasteiger partial charge in [-0.15, -0.1) is 0 Å². The maximum Gasteiger partial charge on any atom is 0.135 e. The highest BCUT2D eigenvalue weighted by Gasteiger charge is 2.10. The summed E-state index contributed by atoms with van der Waals surface area (Å²) in [6, 6.07) is 29.0. The number of hydrogen-bond acceptors (Lipinski definition) is 1. The number of benzene rings is 3. The number of hydrogen-bond donors (Lipinski definition) is 0. The van der Waals surface area contributed by atoms with E-state index in [4.69, 9.17) is 4.42 Å². The second-order valence-electron chi connectivity index (χ2n) is 5.06. The SMILES string of the molecule is c1ccc(-c2cc3c(-c4ccccc4)cccc3o2)cc1. The molecule has 0 spiro atoms. The molecule has 100 valence electrons. The molecule has 1 aromatic heterocycles. The minimum absolute atomic E-state index is 0.911. The Bertz CT molecular complexity index is 874. The number of rotatable bonds is 2. The van der Waals surface area contributed by atoms with E-state index >= 15 is 0 Å². The fraction of sp³-hybridized carbons (Fsp3) is 0. The summed E-state index contributed by atoms with van der Waals surface area (Å²) in [5, 5.41) is 1.16. The van der Waals surface area contributed by atoms with Crippen molar-refractivity contribution in [3.63, 3.8) is 0 Å². The van der Waals surface area contributed by atoms with Crippen molar-refractivity contribution in [2.45, 2.75) is 0 Å². The van der Waals surface area contributed by atoms with Gasteiger partial charge in [-0.25, -0.2) is 0 Å². The minimum Gasteiger partial charge on any atom is -0.456 e. The van der Waals surface area contributed by atoms with Crippen molar-refractivity contribution in [1.29, 1.82) is 0 Å². The molecule has 1 heterocycles. The molecule has 0 N–H and O–H groups in total. The van der Waals surface area contributed by atoms with E-state index in [0.717, 1.165) is 22.3 Å². The molecule has 0 bridgehead atoms. The van der Waals surface area contributed by atoms with E-state index in [-0.39, 0.29) is 0 Å². The molecule has 0 saturated carbocycles. The summed E-state index contributed by atoms with van der Waals surface area (Å²) in [5.74, 6) is 0.911. The molecule has 0 aliphatic rings. The zero-order chi connectivity index (χ0) is 14.1. The first-order chi connectivity index (χ1) is 10.4. The normalized spacial score (nSPS) is 10.9. The van der Waals surface area contributed by atoms with E-state index in [9.17, 15) is 0 Å². The van der Waals surface area contributed by atoms with Crippen molar-refractivity contribution in [2.75, 3.05) is 0 Å². The van der Waals surface area contributed by atoms with Crippen molar-refractivity contribution in [2.24, 2.45) is 0 Å². The van der Waals surface area contributed by atoms with Gasteiger partial charge in [0.2, 0.25) is 0 Å². The molecule has 4 aromatic rings. The lowest BCUT2D eigenvalue weighted by molar-refractivity contribution is 0.631. The standard InChI is InChI=1S/C20H14O/c1-3-8-15(9-4-1)17-12-7-13-19-18(17)14-20(21-19)16-10-5-2-6-11-16/h1-14H. The monoisotopic (exact) mass is 270 g/mol. The van der Waals surface area contributed by atoms with Crippen LogP contribution in [0.1, 0.15) is 0 Å². The molecule has 0 atom stereocenters. The topological polar surface area (TPSA) is 13.1 Å². The van der Waals surface area contributed by atoms with Crippen LogP contribution < -0.4 is 0 Å². The van der Waals surface area contributed by atoms with Crippen LogP contribution in [0.5, 0.6) is 0 Å². The Morgan fingerprint density at radius 3 is 1.95 bits per heavy atom. The van der Waals surface area contributed by atoms with Gasteiger partial charge in [0, 0.05) is 10.9 Å². The van der Waals surface area contributed by atoms with Gasteiger partial charge in [0.25, 0.3) is 0 Å². The van der Waals surface area contributed by atoms with Crippen molar-refractivity contribution in [1.82, 2.24) is 0 Å². The molecule has 0 saturated heterocycles. The van der Waals surface area contributed by atoms with Crippen molar-refractivity contribution in [3.8, 4) is 22.5 Å². The summed E-state index contributed by atoms with van der Waals surface area (Å²) in [7, 11) is 0. The van der Waals surface area contributed by atoms with E-state index in [1.807, 2.05) is 36.4 Å². The Kier molecular flexibility index (Phi) is 2.82. The molecule has 0 amide bonds. The molecule has 0 unspecified atom stereocenters. The van der Waals surface area contributed by atoms with Crippen LogP contribution in [-0.4, -0.2) is 0 Å². The van der Waals surface area contributed by atoms with Crippen molar-refractivity contribution in [3.05, 3.63) is 84.9 Å². The molecule has 1 nitrogen and oxygen atoms in total. The van der Waals surface area contributed by atoms with Gasteiger partial charge in [-0.05, 0) is 23.3 Å². The predicted molar refractivity (Wildman–Crippen MR) is 87.1 cm³/mol. The van der Waals surface area contributed by atoms with Crippen LogP contribution in [0, 0.1) is 0 Å². The smallest absolute Gasteiger partial charge is 0.135 e. The van der Waals surface area contributed by atoms with Crippen LogP contribution in [0.4, 0.5) is 0 Å². The zero-order valence-corrected chi connectivity index (χ0v) is 11.5. The van der Waals surface area contributed by atoms with Crippen LogP contribution in [0.3, 0.4) is 0 Å². The van der Waals surface area contributed by atoms with Crippen LogP contribution in [0.15, 0.2) is 89.3 Å². The first kappa shape index (κ1) is 12.0. The quantitative estimate of drug-likeness (QED) is 0.451. The van der Waals surface area contributed by atoms with Gasteiger partial charge >= 0.3 is 0 Å². The summed E-state index contributed by atoms with van der Waals surface area (Å²) < 4.78 is 6.02. The third kappa shape index (κ3) is 2.13. The van der Waals surface area contributed by atoms with Crippen LogP contribution in [-0.2, 0) is 0 Å². The molecular formula is C20H14O.